The van der Waals surface area contributed by atoms with Crippen LogP contribution < -0.4 is 5.32 Å². The van der Waals surface area contributed by atoms with E-state index in [9.17, 15) is 18.0 Å². The lowest BCUT2D eigenvalue weighted by atomic mass is 9.99. The zero-order chi connectivity index (χ0) is 12.2. The summed E-state index contributed by atoms with van der Waals surface area (Å²) in [6.07, 6.45) is -3.36. The van der Waals surface area contributed by atoms with Crippen molar-refractivity contribution in [1.82, 2.24) is 5.32 Å². The van der Waals surface area contributed by atoms with Gasteiger partial charge in [0.05, 0.1) is 12.5 Å². The second-order valence-corrected chi connectivity index (χ2v) is 4.06. The van der Waals surface area contributed by atoms with Crippen LogP contribution in [0.4, 0.5) is 13.2 Å². The van der Waals surface area contributed by atoms with Gasteiger partial charge >= 0.3 is 6.18 Å². The molecule has 0 saturated heterocycles. The van der Waals surface area contributed by atoms with Gasteiger partial charge in [0.15, 0.2) is 0 Å². The minimum absolute atomic E-state index is 0.529. The maximum atomic E-state index is 11.9. The minimum Gasteiger partial charge on any atom is -0.338 e. The quantitative estimate of drug-likeness (QED) is 0.814. The summed E-state index contributed by atoms with van der Waals surface area (Å²) in [5.74, 6) is -0.694. The van der Waals surface area contributed by atoms with Gasteiger partial charge in [0.1, 0.15) is 5.54 Å². The predicted molar refractivity (Wildman–Crippen MR) is 50.2 cm³/mol. The van der Waals surface area contributed by atoms with Gasteiger partial charge in [-0.1, -0.05) is 0 Å². The number of rotatable bonds is 3. The van der Waals surface area contributed by atoms with Crippen molar-refractivity contribution < 1.29 is 18.0 Å². The lowest BCUT2D eigenvalue weighted by molar-refractivity contribution is -0.144. The SMILES string of the molecule is N#CC1(NC(=O)CCC(F)(F)F)CCCC1. The molecule has 0 bridgehead atoms. The van der Waals surface area contributed by atoms with Gasteiger partial charge in [-0.15, -0.1) is 0 Å². The van der Waals surface area contributed by atoms with Crippen LogP contribution >= 0.6 is 0 Å². The van der Waals surface area contributed by atoms with Crippen LogP contribution in [-0.2, 0) is 4.79 Å². The van der Waals surface area contributed by atoms with Crippen molar-refractivity contribution in [3.05, 3.63) is 0 Å². The largest absolute Gasteiger partial charge is 0.389 e. The average Bonchev–Trinajstić information content (AvgIpc) is 2.63. The second kappa shape index (κ2) is 4.73. The van der Waals surface area contributed by atoms with Crippen molar-refractivity contribution in [2.24, 2.45) is 0 Å². The van der Waals surface area contributed by atoms with E-state index in [4.69, 9.17) is 5.26 Å². The molecule has 1 saturated carbocycles. The number of carbonyl (C=O) groups is 1. The Labute approximate surface area is 91.6 Å². The summed E-state index contributed by atoms with van der Waals surface area (Å²) in [5, 5.41) is 11.3. The number of nitrogens with zero attached hydrogens (tertiary/aromatic N) is 1. The van der Waals surface area contributed by atoms with Crippen LogP contribution in [-0.4, -0.2) is 17.6 Å². The minimum atomic E-state index is -4.33. The number of halogens is 3. The number of alkyl halides is 3. The van der Waals surface area contributed by atoms with E-state index < -0.39 is 30.5 Å². The number of carbonyl (C=O) groups excluding carboxylic acids is 1. The highest BCUT2D eigenvalue weighted by atomic mass is 19.4. The Morgan fingerprint density at radius 1 is 1.38 bits per heavy atom. The van der Waals surface area contributed by atoms with E-state index >= 15 is 0 Å². The smallest absolute Gasteiger partial charge is 0.338 e. The highest BCUT2D eigenvalue weighted by Gasteiger charge is 2.36. The third-order valence-corrected chi connectivity index (χ3v) is 2.69. The molecule has 1 fully saturated rings. The summed E-state index contributed by atoms with van der Waals surface area (Å²) >= 11 is 0. The first kappa shape index (κ1) is 12.8. The van der Waals surface area contributed by atoms with Crippen molar-refractivity contribution in [2.45, 2.75) is 50.2 Å². The molecule has 0 aliphatic heterocycles. The predicted octanol–water partition coefficient (Wildman–Crippen LogP) is 2.28. The van der Waals surface area contributed by atoms with E-state index in [1.54, 1.807) is 0 Å². The van der Waals surface area contributed by atoms with Gasteiger partial charge in [-0.3, -0.25) is 4.79 Å². The summed E-state index contributed by atoms with van der Waals surface area (Å²) in [4.78, 5) is 11.2. The Balaban J connectivity index is 2.42. The fourth-order valence-electron chi connectivity index (χ4n) is 1.83. The van der Waals surface area contributed by atoms with Gasteiger partial charge in [-0.05, 0) is 25.7 Å². The molecule has 0 atom stereocenters. The number of nitriles is 1. The molecule has 0 spiro atoms. The molecule has 6 heteroatoms. The van der Waals surface area contributed by atoms with E-state index in [1.807, 2.05) is 6.07 Å². The lowest BCUT2D eigenvalue weighted by Gasteiger charge is -2.22. The summed E-state index contributed by atoms with van der Waals surface area (Å²) in [6.45, 7) is 0. The Hall–Kier alpha value is -1.25. The summed E-state index contributed by atoms with van der Waals surface area (Å²) in [5.41, 5.74) is -0.928. The zero-order valence-corrected chi connectivity index (χ0v) is 8.73. The first-order valence-electron chi connectivity index (χ1n) is 5.16. The van der Waals surface area contributed by atoms with Crippen molar-refractivity contribution in [1.29, 1.82) is 5.26 Å². The summed E-state index contributed by atoms with van der Waals surface area (Å²) in [6, 6.07) is 1.99. The number of hydrogen-bond acceptors (Lipinski definition) is 2. The fourth-order valence-corrected chi connectivity index (χ4v) is 1.83. The topological polar surface area (TPSA) is 52.9 Å². The summed E-state index contributed by atoms with van der Waals surface area (Å²) < 4.78 is 35.6. The van der Waals surface area contributed by atoms with Gasteiger partial charge in [0.2, 0.25) is 5.91 Å². The van der Waals surface area contributed by atoms with Crippen LogP contribution in [0.1, 0.15) is 38.5 Å². The second-order valence-electron chi connectivity index (χ2n) is 4.06. The molecule has 0 radical (unpaired) electrons. The van der Waals surface area contributed by atoms with Crippen molar-refractivity contribution >= 4 is 5.91 Å². The molecule has 0 aromatic heterocycles. The van der Waals surface area contributed by atoms with Crippen LogP contribution in [0.2, 0.25) is 0 Å². The van der Waals surface area contributed by atoms with Crippen LogP contribution in [0.3, 0.4) is 0 Å². The first-order chi connectivity index (χ1) is 7.37. The van der Waals surface area contributed by atoms with Crippen LogP contribution in [0, 0.1) is 11.3 Å². The number of nitrogens with one attached hydrogen (secondary N) is 1. The molecule has 1 aliphatic rings. The first-order valence-corrected chi connectivity index (χ1v) is 5.16. The Bertz CT molecular complexity index is 300. The molecule has 1 N–H and O–H groups in total. The molecule has 90 valence electrons. The molecule has 16 heavy (non-hydrogen) atoms. The highest BCUT2D eigenvalue weighted by Crippen LogP contribution is 2.29. The Kier molecular flexibility index (Phi) is 3.79. The summed E-state index contributed by atoms with van der Waals surface area (Å²) in [7, 11) is 0. The molecule has 3 nitrogen and oxygen atoms in total. The monoisotopic (exact) mass is 234 g/mol. The van der Waals surface area contributed by atoms with E-state index in [-0.39, 0.29) is 0 Å². The van der Waals surface area contributed by atoms with Crippen LogP contribution in [0.15, 0.2) is 0 Å². The number of hydrogen-bond donors (Lipinski definition) is 1. The molecule has 1 amide bonds. The number of amides is 1. The van der Waals surface area contributed by atoms with Gasteiger partial charge < -0.3 is 5.32 Å². The fraction of sp³-hybridized carbons (Fsp3) is 0.800. The van der Waals surface area contributed by atoms with E-state index in [0.717, 1.165) is 12.8 Å². The molecular weight excluding hydrogens is 221 g/mol. The Morgan fingerprint density at radius 3 is 2.38 bits per heavy atom. The molecule has 1 aliphatic carbocycles. The zero-order valence-electron chi connectivity index (χ0n) is 8.73. The Morgan fingerprint density at radius 2 is 1.94 bits per heavy atom. The standard InChI is InChI=1S/C10H13F3N2O/c11-10(12,13)6-3-8(16)15-9(7-14)4-1-2-5-9/h1-6H2,(H,15,16). The van der Waals surface area contributed by atoms with E-state index in [1.165, 1.54) is 0 Å². The molecule has 1 rings (SSSR count). The van der Waals surface area contributed by atoms with E-state index in [0.29, 0.717) is 12.8 Å². The highest BCUT2D eigenvalue weighted by molar-refractivity contribution is 5.77. The molecule has 0 aromatic carbocycles. The van der Waals surface area contributed by atoms with Gasteiger partial charge in [-0.25, -0.2) is 0 Å². The lowest BCUT2D eigenvalue weighted by Crippen LogP contribution is -2.45. The normalized spacial score (nSPS) is 19.1. The van der Waals surface area contributed by atoms with Gasteiger partial charge in [-0.2, -0.15) is 18.4 Å². The maximum absolute atomic E-state index is 11.9. The van der Waals surface area contributed by atoms with Crippen molar-refractivity contribution in [2.75, 3.05) is 0 Å². The maximum Gasteiger partial charge on any atom is 0.389 e. The van der Waals surface area contributed by atoms with Crippen LogP contribution in [0.5, 0.6) is 0 Å². The van der Waals surface area contributed by atoms with Gasteiger partial charge in [0, 0.05) is 6.42 Å². The van der Waals surface area contributed by atoms with Crippen LogP contribution in [0.25, 0.3) is 0 Å². The third-order valence-electron chi connectivity index (χ3n) is 2.69. The molecular formula is C10H13F3N2O. The molecule has 0 aromatic rings. The third kappa shape index (κ3) is 3.72. The average molecular weight is 234 g/mol. The molecule has 0 heterocycles. The van der Waals surface area contributed by atoms with Crippen molar-refractivity contribution in [3.63, 3.8) is 0 Å². The van der Waals surface area contributed by atoms with E-state index in [2.05, 4.69) is 5.32 Å². The van der Waals surface area contributed by atoms with Crippen molar-refractivity contribution in [3.8, 4) is 6.07 Å². The van der Waals surface area contributed by atoms with Gasteiger partial charge in [0.25, 0.3) is 0 Å². The molecule has 0 unspecified atom stereocenters.